The SMILES string of the molecule is COC(=O)c1cnc(Nc2cc(N=O)c(N3CCN(C)CC3)cc2OC)nc1-c1cn(C)c2ccccc12. The van der Waals surface area contributed by atoms with Crippen molar-refractivity contribution in [2.24, 2.45) is 12.2 Å². The van der Waals surface area contributed by atoms with Gasteiger partial charge in [-0.1, -0.05) is 18.2 Å². The van der Waals surface area contributed by atoms with E-state index in [1.54, 1.807) is 19.2 Å². The van der Waals surface area contributed by atoms with Crippen molar-refractivity contribution in [2.45, 2.75) is 0 Å². The van der Waals surface area contributed by atoms with Gasteiger partial charge in [-0.2, -0.15) is 0 Å². The molecule has 0 radical (unpaired) electrons. The molecule has 38 heavy (non-hydrogen) atoms. The van der Waals surface area contributed by atoms with E-state index < -0.39 is 5.97 Å². The van der Waals surface area contributed by atoms with Crippen molar-refractivity contribution in [3.63, 3.8) is 0 Å². The summed E-state index contributed by atoms with van der Waals surface area (Å²) in [6.07, 6.45) is 3.35. The largest absolute Gasteiger partial charge is 0.494 e. The monoisotopic (exact) mass is 515 g/mol. The number of carbonyl (C=O) groups excluding carboxylic acids is 1. The maximum absolute atomic E-state index is 12.6. The number of esters is 1. The van der Waals surface area contributed by atoms with Gasteiger partial charge in [0.2, 0.25) is 5.95 Å². The van der Waals surface area contributed by atoms with Gasteiger partial charge in [-0.3, -0.25) is 0 Å². The standard InChI is InChI=1S/C27H29N7O4/c1-32-9-11-34(12-10-32)23-14-24(37-3)21(13-20(23)31-36)29-27-28-15-18(26(35)38-4)25(30-27)19-16-33(2)22-8-6-5-7-17(19)22/h5-8,13-16H,9-12H2,1-4H3,(H,28,29,30). The minimum atomic E-state index is -0.541. The second kappa shape index (κ2) is 10.5. The number of methoxy groups -OCH3 is 2. The number of anilines is 3. The molecular weight excluding hydrogens is 486 g/mol. The molecule has 1 N–H and O–H groups in total. The number of fused-ring (bicyclic) bond motifs is 1. The Morgan fingerprint density at radius 1 is 1.08 bits per heavy atom. The average Bonchev–Trinajstić information content (AvgIpc) is 3.29. The molecule has 0 unspecified atom stereocenters. The molecule has 0 aliphatic carbocycles. The highest BCUT2D eigenvalue weighted by atomic mass is 16.5. The molecule has 2 aromatic heterocycles. The fourth-order valence-corrected chi connectivity index (χ4v) is 4.76. The summed E-state index contributed by atoms with van der Waals surface area (Å²) in [6, 6.07) is 11.3. The molecule has 2 aromatic carbocycles. The van der Waals surface area contributed by atoms with Gasteiger partial charge in [0.05, 0.1) is 31.3 Å². The summed E-state index contributed by atoms with van der Waals surface area (Å²) in [6.45, 7) is 3.33. The molecule has 11 nitrogen and oxygen atoms in total. The Labute approximate surface area is 220 Å². The van der Waals surface area contributed by atoms with E-state index in [2.05, 4.69) is 32.3 Å². The highest BCUT2D eigenvalue weighted by molar-refractivity contribution is 6.03. The zero-order chi connectivity index (χ0) is 26.8. The topological polar surface area (TPSA) is 114 Å². The van der Waals surface area contributed by atoms with Crippen LogP contribution >= 0.6 is 0 Å². The predicted molar refractivity (Wildman–Crippen MR) is 147 cm³/mol. The number of nitrogens with zero attached hydrogens (tertiary/aromatic N) is 6. The van der Waals surface area contributed by atoms with Gasteiger partial charge in [-0.05, 0) is 24.4 Å². The highest BCUT2D eigenvalue weighted by Gasteiger charge is 2.23. The Morgan fingerprint density at radius 3 is 2.55 bits per heavy atom. The van der Waals surface area contributed by atoms with Gasteiger partial charge in [0, 0.05) is 68.2 Å². The summed E-state index contributed by atoms with van der Waals surface area (Å²) >= 11 is 0. The zero-order valence-corrected chi connectivity index (χ0v) is 21.8. The van der Waals surface area contributed by atoms with E-state index in [1.807, 2.05) is 42.1 Å². The van der Waals surface area contributed by atoms with Crippen LogP contribution in [0.15, 0.2) is 54.0 Å². The molecule has 0 bridgehead atoms. The molecule has 0 amide bonds. The Morgan fingerprint density at radius 2 is 1.84 bits per heavy atom. The smallest absolute Gasteiger partial charge is 0.341 e. The second-order valence-corrected chi connectivity index (χ2v) is 9.17. The average molecular weight is 516 g/mol. The molecule has 4 aromatic rings. The number of ether oxygens (including phenoxy) is 2. The van der Waals surface area contributed by atoms with Crippen LogP contribution in [0.25, 0.3) is 22.2 Å². The Kier molecular flexibility index (Phi) is 6.93. The molecular formula is C27H29N7O4. The van der Waals surface area contributed by atoms with Crippen molar-refractivity contribution >= 4 is 39.9 Å². The lowest BCUT2D eigenvalue weighted by Crippen LogP contribution is -2.44. The first-order chi connectivity index (χ1) is 18.4. The lowest BCUT2D eigenvalue weighted by molar-refractivity contribution is 0.0601. The summed E-state index contributed by atoms with van der Waals surface area (Å²) in [4.78, 5) is 37.9. The van der Waals surface area contributed by atoms with Gasteiger partial charge < -0.3 is 29.2 Å². The third kappa shape index (κ3) is 4.63. The summed E-state index contributed by atoms with van der Waals surface area (Å²) in [5.74, 6) is 0.197. The maximum atomic E-state index is 12.6. The van der Waals surface area contributed by atoms with Crippen LogP contribution in [0, 0.1) is 4.91 Å². The van der Waals surface area contributed by atoms with Gasteiger partial charge in [-0.15, -0.1) is 4.91 Å². The third-order valence-electron chi connectivity index (χ3n) is 6.83. The Hall–Kier alpha value is -4.51. The number of piperazine rings is 1. The van der Waals surface area contributed by atoms with Crippen LogP contribution in [0.2, 0.25) is 0 Å². The van der Waals surface area contributed by atoms with E-state index >= 15 is 0 Å². The van der Waals surface area contributed by atoms with Crippen LogP contribution in [0.4, 0.5) is 23.0 Å². The van der Waals surface area contributed by atoms with Gasteiger partial charge >= 0.3 is 5.97 Å². The van der Waals surface area contributed by atoms with E-state index in [0.717, 1.165) is 42.6 Å². The number of nitrogens with one attached hydrogen (secondary N) is 1. The summed E-state index contributed by atoms with van der Waals surface area (Å²) in [5.41, 5.74) is 3.91. The third-order valence-corrected chi connectivity index (χ3v) is 6.83. The number of aryl methyl sites for hydroxylation is 1. The molecule has 1 aliphatic heterocycles. The summed E-state index contributed by atoms with van der Waals surface area (Å²) < 4.78 is 12.6. The molecule has 0 spiro atoms. The van der Waals surface area contributed by atoms with Crippen molar-refractivity contribution in [1.29, 1.82) is 0 Å². The first-order valence-electron chi connectivity index (χ1n) is 12.2. The maximum Gasteiger partial charge on any atom is 0.341 e. The molecule has 0 atom stereocenters. The minimum Gasteiger partial charge on any atom is -0.494 e. The van der Waals surface area contributed by atoms with Crippen molar-refractivity contribution < 1.29 is 14.3 Å². The van der Waals surface area contributed by atoms with Crippen molar-refractivity contribution in [3.05, 3.63) is 59.3 Å². The number of benzene rings is 2. The number of carbonyl (C=O) groups is 1. The molecule has 196 valence electrons. The fourth-order valence-electron chi connectivity index (χ4n) is 4.76. The summed E-state index contributed by atoms with van der Waals surface area (Å²) in [7, 11) is 6.89. The fraction of sp³-hybridized carbons (Fsp3) is 0.296. The van der Waals surface area contributed by atoms with E-state index in [-0.39, 0.29) is 11.5 Å². The molecule has 1 aliphatic rings. The van der Waals surface area contributed by atoms with E-state index in [4.69, 9.17) is 14.5 Å². The van der Waals surface area contributed by atoms with Crippen molar-refractivity contribution in [1.82, 2.24) is 19.4 Å². The molecule has 0 saturated carbocycles. The van der Waals surface area contributed by atoms with Crippen LogP contribution in [0.1, 0.15) is 10.4 Å². The number of aromatic nitrogens is 3. The molecule has 1 saturated heterocycles. The predicted octanol–water partition coefficient (Wildman–Crippen LogP) is 4.32. The second-order valence-electron chi connectivity index (χ2n) is 9.17. The van der Waals surface area contributed by atoms with Gasteiger partial charge in [0.1, 0.15) is 17.0 Å². The van der Waals surface area contributed by atoms with Gasteiger partial charge in [0.15, 0.2) is 0 Å². The quantitative estimate of drug-likeness (QED) is 0.284. The van der Waals surface area contributed by atoms with E-state index in [9.17, 15) is 9.70 Å². The molecule has 3 heterocycles. The van der Waals surface area contributed by atoms with Crippen LogP contribution in [-0.4, -0.2) is 72.9 Å². The first-order valence-corrected chi connectivity index (χ1v) is 12.2. The Bertz CT molecular complexity index is 1510. The van der Waals surface area contributed by atoms with Gasteiger partial charge in [-0.25, -0.2) is 14.8 Å². The number of likely N-dealkylation sites (N-methyl/N-ethyl adjacent to an activating group) is 1. The number of para-hydroxylation sites is 1. The molecule has 5 rings (SSSR count). The number of rotatable bonds is 7. The lowest BCUT2D eigenvalue weighted by atomic mass is 10.1. The number of nitroso groups, excluding NO2 is 1. The van der Waals surface area contributed by atoms with Crippen molar-refractivity contribution in [3.8, 4) is 17.0 Å². The van der Waals surface area contributed by atoms with Crippen molar-refractivity contribution in [2.75, 3.05) is 57.7 Å². The van der Waals surface area contributed by atoms with Gasteiger partial charge in [0.25, 0.3) is 0 Å². The van der Waals surface area contributed by atoms with Crippen LogP contribution < -0.4 is 15.0 Å². The number of hydrogen-bond donors (Lipinski definition) is 1. The lowest BCUT2D eigenvalue weighted by Gasteiger charge is -2.34. The normalized spacial score (nSPS) is 13.9. The number of hydrogen-bond acceptors (Lipinski definition) is 10. The molecule has 1 fully saturated rings. The minimum absolute atomic E-state index is 0.225. The molecule has 11 heteroatoms. The highest BCUT2D eigenvalue weighted by Crippen LogP contribution is 2.40. The Balaban J connectivity index is 1.56. The zero-order valence-electron chi connectivity index (χ0n) is 21.8. The van der Waals surface area contributed by atoms with Crippen LogP contribution in [0.3, 0.4) is 0 Å². The van der Waals surface area contributed by atoms with E-state index in [1.165, 1.54) is 13.3 Å². The summed E-state index contributed by atoms with van der Waals surface area (Å²) in [5, 5.41) is 7.38. The van der Waals surface area contributed by atoms with Crippen LogP contribution in [-0.2, 0) is 11.8 Å². The van der Waals surface area contributed by atoms with Crippen LogP contribution in [0.5, 0.6) is 5.75 Å². The first kappa shape index (κ1) is 25.2. The van der Waals surface area contributed by atoms with E-state index in [0.29, 0.717) is 28.5 Å².